The number of nitrogens with one attached hydrogen (secondary N) is 1. The minimum absolute atomic E-state index is 0.204. The normalized spacial score (nSPS) is 11.7. The summed E-state index contributed by atoms with van der Waals surface area (Å²) in [6.45, 7) is 3.93. The van der Waals surface area contributed by atoms with Crippen LogP contribution >= 0.6 is 27.7 Å². The van der Waals surface area contributed by atoms with Crippen molar-refractivity contribution in [3.63, 3.8) is 0 Å². The Morgan fingerprint density at radius 2 is 1.72 bits per heavy atom. The Kier molecular flexibility index (Phi) is 5.32. The van der Waals surface area contributed by atoms with Crippen molar-refractivity contribution in [1.29, 1.82) is 0 Å². The molecule has 1 N–H and O–H groups in total. The van der Waals surface area contributed by atoms with E-state index in [1.54, 1.807) is 40.9 Å². The molecule has 7 nitrogen and oxygen atoms in total. The molecule has 4 aromatic rings. The fourth-order valence-corrected chi connectivity index (χ4v) is 4.99. The van der Waals surface area contributed by atoms with Crippen LogP contribution in [0, 0.1) is 13.8 Å². The summed E-state index contributed by atoms with van der Waals surface area (Å²) in [7, 11) is -3.64. The lowest BCUT2D eigenvalue weighted by molar-refractivity contribution is 0.601. The van der Waals surface area contributed by atoms with E-state index in [9.17, 15) is 8.42 Å². The second kappa shape index (κ2) is 7.77. The maximum Gasteiger partial charge on any atom is 0.261 e. The Morgan fingerprint density at radius 1 is 1.03 bits per heavy atom. The monoisotopic (exact) mass is 489 g/mol. The van der Waals surface area contributed by atoms with Crippen molar-refractivity contribution >= 4 is 49.2 Å². The first-order chi connectivity index (χ1) is 13.8. The van der Waals surface area contributed by atoms with E-state index in [0.717, 1.165) is 25.7 Å². The predicted octanol–water partition coefficient (Wildman–Crippen LogP) is 4.46. The number of hydrogen-bond acceptors (Lipinski definition) is 6. The smallest absolute Gasteiger partial charge is 0.261 e. The molecular formula is C19H16BrN5O2S2. The van der Waals surface area contributed by atoms with E-state index >= 15 is 0 Å². The van der Waals surface area contributed by atoms with E-state index in [0.29, 0.717) is 11.5 Å². The third-order valence-electron chi connectivity index (χ3n) is 4.30. The molecule has 4 rings (SSSR count). The van der Waals surface area contributed by atoms with Crippen LogP contribution < -0.4 is 4.72 Å². The molecule has 29 heavy (non-hydrogen) atoms. The molecule has 2 aromatic carbocycles. The van der Waals surface area contributed by atoms with Gasteiger partial charge in [0.15, 0.2) is 0 Å². The van der Waals surface area contributed by atoms with Gasteiger partial charge < -0.3 is 0 Å². The number of aromatic nitrogens is 4. The summed E-state index contributed by atoms with van der Waals surface area (Å²) < 4.78 is 30.2. The summed E-state index contributed by atoms with van der Waals surface area (Å²) in [6.07, 6.45) is 1.48. The fourth-order valence-electron chi connectivity index (χ4n) is 2.65. The molecule has 0 fully saturated rings. The third kappa shape index (κ3) is 4.14. The first-order valence-electron chi connectivity index (χ1n) is 8.57. The maximum atomic E-state index is 12.5. The Balaban J connectivity index is 1.57. The summed E-state index contributed by atoms with van der Waals surface area (Å²) in [5, 5.41) is 5.17. The number of sulfonamides is 1. The molecule has 10 heteroatoms. The van der Waals surface area contributed by atoms with Crippen LogP contribution in [0.15, 0.2) is 74.1 Å². The first kappa shape index (κ1) is 19.9. The molecule has 0 saturated carbocycles. The highest BCUT2D eigenvalue weighted by molar-refractivity contribution is 9.10. The largest absolute Gasteiger partial charge is 0.280 e. The van der Waals surface area contributed by atoms with Crippen LogP contribution in [0.3, 0.4) is 0 Å². The van der Waals surface area contributed by atoms with Crippen LogP contribution in [0.5, 0.6) is 0 Å². The van der Waals surface area contributed by atoms with Gasteiger partial charge in [0.05, 0.1) is 4.90 Å². The number of halogens is 1. The molecule has 2 heterocycles. The van der Waals surface area contributed by atoms with Gasteiger partial charge in [-0.15, -0.1) is 0 Å². The quantitative estimate of drug-likeness (QED) is 0.416. The van der Waals surface area contributed by atoms with Gasteiger partial charge >= 0.3 is 0 Å². The van der Waals surface area contributed by atoms with Gasteiger partial charge in [-0.2, -0.15) is 14.6 Å². The summed E-state index contributed by atoms with van der Waals surface area (Å²) in [6, 6.07) is 13.7. The summed E-state index contributed by atoms with van der Waals surface area (Å²) in [5.41, 5.74) is 2.41. The number of fused-ring (bicyclic) bond motifs is 1. The topological polar surface area (TPSA) is 89.2 Å². The average Bonchev–Trinajstić information content (AvgIpc) is 3.15. The molecule has 0 saturated heterocycles. The van der Waals surface area contributed by atoms with E-state index < -0.39 is 10.0 Å². The van der Waals surface area contributed by atoms with Crippen LogP contribution in [0.25, 0.3) is 5.78 Å². The highest BCUT2D eigenvalue weighted by Crippen LogP contribution is 2.32. The van der Waals surface area contributed by atoms with Crippen molar-refractivity contribution in [3.05, 3.63) is 70.6 Å². The highest BCUT2D eigenvalue weighted by atomic mass is 79.9. The Bertz CT molecular complexity index is 1290. The number of hydrogen-bond donors (Lipinski definition) is 1. The molecule has 0 aliphatic heterocycles. The number of rotatable bonds is 5. The van der Waals surface area contributed by atoms with Gasteiger partial charge in [-0.25, -0.2) is 13.4 Å². The molecule has 148 valence electrons. The molecule has 0 unspecified atom stereocenters. The van der Waals surface area contributed by atoms with Crippen LogP contribution in [-0.4, -0.2) is 28.0 Å². The zero-order valence-corrected chi connectivity index (χ0v) is 18.7. The average molecular weight is 490 g/mol. The Hall–Kier alpha value is -2.43. The van der Waals surface area contributed by atoms with Gasteiger partial charge in [0.25, 0.3) is 15.8 Å². The Morgan fingerprint density at radius 3 is 2.41 bits per heavy atom. The van der Waals surface area contributed by atoms with Crippen LogP contribution in [0.1, 0.15) is 11.3 Å². The van der Waals surface area contributed by atoms with Gasteiger partial charge in [0, 0.05) is 26.3 Å². The minimum Gasteiger partial charge on any atom is -0.280 e. The van der Waals surface area contributed by atoms with Crippen molar-refractivity contribution < 1.29 is 8.42 Å². The van der Waals surface area contributed by atoms with Crippen molar-refractivity contribution in [2.24, 2.45) is 0 Å². The van der Waals surface area contributed by atoms with Crippen LogP contribution in [0.2, 0.25) is 0 Å². The zero-order chi connectivity index (χ0) is 20.6. The second-order valence-electron chi connectivity index (χ2n) is 6.29. The maximum absolute atomic E-state index is 12.5. The molecule has 0 bridgehead atoms. The molecule has 2 aromatic heterocycles. The molecule has 0 aliphatic carbocycles. The first-order valence-corrected chi connectivity index (χ1v) is 11.7. The summed E-state index contributed by atoms with van der Waals surface area (Å²) >= 11 is 4.83. The molecule has 0 amide bonds. The van der Waals surface area contributed by atoms with Crippen molar-refractivity contribution in [1.82, 2.24) is 19.6 Å². The fraction of sp³-hybridized carbons (Fsp3) is 0.105. The number of anilines is 1. The van der Waals surface area contributed by atoms with E-state index in [2.05, 4.69) is 35.7 Å². The summed E-state index contributed by atoms with van der Waals surface area (Å²) in [4.78, 5) is 9.73. The van der Waals surface area contributed by atoms with Crippen LogP contribution in [-0.2, 0) is 10.0 Å². The van der Waals surface area contributed by atoms with Crippen molar-refractivity contribution in [2.45, 2.75) is 28.7 Å². The molecule has 0 atom stereocenters. The number of aryl methyl sites for hydroxylation is 1. The zero-order valence-electron chi connectivity index (χ0n) is 15.5. The molecule has 0 spiro atoms. The van der Waals surface area contributed by atoms with Gasteiger partial charge in [-0.1, -0.05) is 27.7 Å². The number of benzene rings is 2. The predicted molar refractivity (Wildman–Crippen MR) is 116 cm³/mol. The third-order valence-corrected chi connectivity index (χ3v) is 7.40. The van der Waals surface area contributed by atoms with Crippen LogP contribution in [0.4, 0.5) is 5.69 Å². The second-order valence-corrected chi connectivity index (χ2v) is 9.95. The van der Waals surface area contributed by atoms with E-state index in [4.69, 9.17) is 0 Å². The number of nitrogens with zero attached hydrogens (tertiary/aromatic N) is 4. The lowest BCUT2D eigenvalue weighted by atomic mass is 10.3. The van der Waals surface area contributed by atoms with E-state index in [1.165, 1.54) is 18.1 Å². The standard InChI is InChI=1S/C19H16BrN5O2S2/c1-12-13(2)23-19-21-11-22-25(19)18(12)28-16-7-5-15(6-8-16)24-29(26,27)17-9-3-14(20)4-10-17/h3-11,24H,1-2H3. The molecule has 0 radical (unpaired) electrons. The van der Waals surface area contributed by atoms with Gasteiger partial charge in [-0.05, 0) is 62.4 Å². The van der Waals surface area contributed by atoms with Gasteiger partial charge in [0.2, 0.25) is 0 Å². The summed E-state index contributed by atoms with van der Waals surface area (Å²) in [5.74, 6) is 0.550. The van der Waals surface area contributed by atoms with Crippen molar-refractivity contribution in [2.75, 3.05) is 4.72 Å². The SMILES string of the molecule is Cc1nc2ncnn2c(Sc2ccc(NS(=O)(=O)c3ccc(Br)cc3)cc2)c1C. The van der Waals surface area contributed by atoms with Gasteiger partial charge in [0.1, 0.15) is 11.4 Å². The Labute approximate surface area is 180 Å². The molecule has 0 aliphatic rings. The highest BCUT2D eigenvalue weighted by Gasteiger charge is 2.15. The minimum atomic E-state index is -3.64. The lowest BCUT2D eigenvalue weighted by Crippen LogP contribution is -2.12. The van der Waals surface area contributed by atoms with Gasteiger partial charge in [-0.3, -0.25) is 4.72 Å². The lowest BCUT2D eigenvalue weighted by Gasteiger charge is -2.11. The van der Waals surface area contributed by atoms with E-state index in [-0.39, 0.29) is 4.90 Å². The molecular weight excluding hydrogens is 474 g/mol. The van der Waals surface area contributed by atoms with E-state index in [1.807, 2.05) is 26.0 Å². The van der Waals surface area contributed by atoms with Crippen molar-refractivity contribution in [3.8, 4) is 0 Å².